The van der Waals surface area contributed by atoms with Crippen LogP contribution in [-0.2, 0) is 0 Å². The lowest BCUT2D eigenvalue weighted by Crippen LogP contribution is -2.05. The molecule has 106 valence electrons. The van der Waals surface area contributed by atoms with Crippen molar-refractivity contribution in [2.45, 2.75) is 27.2 Å². The first-order valence-electron chi connectivity index (χ1n) is 6.62. The average molecular weight is 275 g/mol. The maximum Gasteiger partial charge on any atom is 0.227 e. The van der Waals surface area contributed by atoms with Crippen LogP contribution in [0.15, 0.2) is 24.4 Å². The number of halogens is 1. The van der Waals surface area contributed by atoms with Crippen molar-refractivity contribution in [3.05, 3.63) is 41.3 Å². The number of nitrogens with one attached hydrogen (secondary N) is 1. The Bertz CT molecular complexity index is 602. The van der Waals surface area contributed by atoms with E-state index in [1.54, 1.807) is 31.3 Å². The summed E-state index contributed by atoms with van der Waals surface area (Å²) < 4.78 is 19.5. The smallest absolute Gasteiger partial charge is 0.227 e. The highest BCUT2D eigenvalue weighted by molar-refractivity contribution is 5.38. The molecule has 1 N–H and O–H groups in total. The van der Waals surface area contributed by atoms with Crippen LogP contribution in [0.2, 0.25) is 0 Å². The summed E-state index contributed by atoms with van der Waals surface area (Å²) in [6.45, 7) is 6.36. The highest BCUT2D eigenvalue weighted by Crippen LogP contribution is 2.27. The van der Waals surface area contributed by atoms with Crippen LogP contribution >= 0.6 is 0 Å². The second kappa shape index (κ2) is 6.32. The van der Waals surface area contributed by atoms with Gasteiger partial charge in [0, 0.05) is 18.3 Å². The topological polar surface area (TPSA) is 47.0 Å². The first kappa shape index (κ1) is 14.2. The van der Waals surface area contributed by atoms with Crippen molar-refractivity contribution in [2.75, 3.05) is 11.9 Å². The molecule has 1 aromatic carbocycles. The zero-order chi connectivity index (χ0) is 14.5. The number of rotatable bonds is 5. The molecule has 5 heteroatoms. The molecule has 0 saturated heterocycles. The molecule has 0 fully saturated rings. The van der Waals surface area contributed by atoms with Gasteiger partial charge >= 0.3 is 0 Å². The van der Waals surface area contributed by atoms with Crippen molar-refractivity contribution in [2.24, 2.45) is 0 Å². The third kappa shape index (κ3) is 3.23. The molecule has 2 aromatic rings. The van der Waals surface area contributed by atoms with Gasteiger partial charge in [-0.1, -0.05) is 19.1 Å². The predicted molar refractivity (Wildman–Crippen MR) is 76.8 cm³/mol. The summed E-state index contributed by atoms with van der Waals surface area (Å²) in [5.74, 6) is 0.658. The van der Waals surface area contributed by atoms with Gasteiger partial charge in [0.25, 0.3) is 0 Å². The van der Waals surface area contributed by atoms with E-state index in [-0.39, 0.29) is 11.6 Å². The zero-order valence-corrected chi connectivity index (χ0v) is 11.9. The second-order valence-corrected chi connectivity index (χ2v) is 4.60. The number of hydrogen-bond donors (Lipinski definition) is 1. The predicted octanol–water partition coefficient (Wildman–Crippen LogP) is 3.85. The zero-order valence-electron chi connectivity index (χ0n) is 11.9. The number of hydrogen-bond acceptors (Lipinski definition) is 4. The van der Waals surface area contributed by atoms with E-state index in [4.69, 9.17) is 4.74 Å². The van der Waals surface area contributed by atoms with E-state index in [0.717, 1.165) is 18.5 Å². The van der Waals surface area contributed by atoms with E-state index in [2.05, 4.69) is 22.2 Å². The molecule has 0 aliphatic rings. The van der Waals surface area contributed by atoms with E-state index in [0.29, 0.717) is 17.4 Å². The second-order valence-electron chi connectivity index (χ2n) is 4.60. The quantitative estimate of drug-likeness (QED) is 0.900. The summed E-state index contributed by atoms with van der Waals surface area (Å²) in [6.07, 6.45) is 2.63. The van der Waals surface area contributed by atoms with Gasteiger partial charge in [-0.15, -0.1) is 0 Å². The van der Waals surface area contributed by atoms with Crippen molar-refractivity contribution in [3.63, 3.8) is 0 Å². The Morgan fingerprint density at radius 1 is 1.25 bits per heavy atom. The Hall–Kier alpha value is -2.17. The van der Waals surface area contributed by atoms with Crippen LogP contribution in [-0.4, -0.2) is 16.5 Å². The molecular formula is C15H18FN3O. The maximum absolute atomic E-state index is 13.9. The molecule has 0 bridgehead atoms. The van der Waals surface area contributed by atoms with Crippen LogP contribution in [0, 0.1) is 19.7 Å². The van der Waals surface area contributed by atoms with Gasteiger partial charge in [0.05, 0.1) is 0 Å². The highest BCUT2D eigenvalue weighted by atomic mass is 19.1. The van der Waals surface area contributed by atoms with Gasteiger partial charge in [0.15, 0.2) is 11.6 Å². The number of aromatic nitrogens is 2. The van der Waals surface area contributed by atoms with Crippen molar-refractivity contribution >= 4 is 5.95 Å². The summed E-state index contributed by atoms with van der Waals surface area (Å²) in [6, 6.07) is 5.03. The standard InChI is InChI=1S/C15H18FN3O/c1-4-8-17-15-18-9-11(3)14(19-15)20-12-7-5-6-10(2)13(12)16/h5-7,9H,4,8H2,1-3H3,(H,17,18,19). The van der Waals surface area contributed by atoms with Crippen molar-refractivity contribution in [1.82, 2.24) is 9.97 Å². The minimum absolute atomic E-state index is 0.174. The molecule has 0 unspecified atom stereocenters. The van der Waals surface area contributed by atoms with Crippen LogP contribution in [0.5, 0.6) is 11.6 Å². The van der Waals surface area contributed by atoms with Gasteiger partial charge < -0.3 is 10.1 Å². The van der Waals surface area contributed by atoms with Gasteiger partial charge in [-0.05, 0) is 31.9 Å². The maximum atomic E-state index is 13.9. The van der Waals surface area contributed by atoms with Crippen LogP contribution in [0.25, 0.3) is 0 Å². The fourth-order valence-corrected chi connectivity index (χ4v) is 1.66. The first-order valence-corrected chi connectivity index (χ1v) is 6.62. The molecule has 20 heavy (non-hydrogen) atoms. The van der Waals surface area contributed by atoms with E-state index < -0.39 is 0 Å². The van der Waals surface area contributed by atoms with E-state index in [9.17, 15) is 4.39 Å². The van der Waals surface area contributed by atoms with Crippen LogP contribution in [0.1, 0.15) is 24.5 Å². The number of benzene rings is 1. The molecule has 1 aromatic heterocycles. The number of nitrogens with zero attached hydrogens (tertiary/aromatic N) is 2. The number of ether oxygens (including phenoxy) is 1. The molecule has 0 aliphatic heterocycles. The van der Waals surface area contributed by atoms with E-state index in [1.165, 1.54) is 0 Å². The Morgan fingerprint density at radius 2 is 2.05 bits per heavy atom. The molecule has 2 rings (SSSR count). The Balaban J connectivity index is 2.26. The molecule has 0 saturated carbocycles. The normalized spacial score (nSPS) is 10.4. The highest BCUT2D eigenvalue weighted by Gasteiger charge is 2.11. The van der Waals surface area contributed by atoms with Gasteiger partial charge in [-0.3, -0.25) is 0 Å². The Morgan fingerprint density at radius 3 is 2.80 bits per heavy atom. The SMILES string of the molecule is CCCNc1ncc(C)c(Oc2cccc(C)c2F)n1. The molecular weight excluding hydrogens is 257 g/mol. The minimum Gasteiger partial charge on any atom is -0.435 e. The number of aryl methyl sites for hydroxylation is 2. The lowest BCUT2D eigenvalue weighted by atomic mass is 10.2. The van der Waals surface area contributed by atoms with E-state index >= 15 is 0 Å². The Labute approximate surface area is 118 Å². The summed E-state index contributed by atoms with van der Waals surface area (Å²) >= 11 is 0. The molecule has 0 aliphatic carbocycles. The number of anilines is 1. The molecule has 4 nitrogen and oxygen atoms in total. The monoisotopic (exact) mass is 275 g/mol. The van der Waals surface area contributed by atoms with E-state index in [1.807, 2.05) is 6.92 Å². The fraction of sp³-hybridized carbons (Fsp3) is 0.333. The van der Waals surface area contributed by atoms with Crippen LogP contribution in [0.4, 0.5) is 10.3 Å². The van der Waals surface area contributed by atoms with Gasteiger partial charge in [0.2, 0.25) is 11.8 Å². The van der Waals surface area contributed by atoms with Crippen molar-refractivity contribution in [3.8, 4) is 11.6 Å². The summed E-state index contributed by atoms with van der Waals surface area (Å²) in [7, 11) is 0. The third-order valence-corrected chi connectivity index (χ3v) is 2.82. The molecule has 0 spiro atoms. The summed E-state index contributed by atoms with van der Waals surface area (Å²) in [5, 5.41) is 3.08. The van der Waals surface area contributed by atoms with Gasteiger partial charge in [-0.2, -0.15) is 4.98 Å². The van der Waals surface area contributed by atoms with Gasteiger partial charge in [0.1, 0.15) is 0 Å². The lowest BCUT2D eigenvalue weighted by molar-refractivity contribution is 0.422. The molecule has 0 atom stereocenters. The summed E-state index contributed by atoms with van der Waals surface area (Å²) in [4.78, 5) is 8.43. The first-order chi connectivity index (χ1) is 9.61. The summed E-state index contributed by atoms with van der Waals surface area (Å²) in [5.41, 5.74) is 1.30. The van der Waals surface area contributed by atoms with Crippen LogP contribution < -0.4 is 10.1 Å². The van der Waals surface area contributed by atoms with Crippen molar-refractivity contribution < 1.29 is 9.13 Å². The van der Waals surface area contributed by atoms with Crippen LogP contribution in [0.3, 0.4) is 0 Å². The minimum atomic E-state index is -0.367. The molecule has 1 heterocycles. The third-order valence-electron chi connectivity index (χ3n) is 2.82. The van der Waals surface area contributed by atoms with Gasteiger partial charge in [-0.25, -0.2) is 9.37 Å². The Kier molecular flexibility index (Phi) is 4.50. The largest absolute Gasteiger partial charge is 0.435 e. The van der Waals surface area contributed by atoms with Crippen molar-refractivity contribution in [1.29, 1.82) is 0 Å². The fourth-order valence-electron chi connectivity index (χ4n) is 1.66. The average Bonchev–Trinajstić information content (AvgIpc) is 2.44. The molecule has 0 radical (unpaired) electrons. The lowest BCUT2D eigenvalue weighted by Gasteiger charge is -2.11. The molecule has 0 amide bonds.